The maximum absolute atomic E-state index is 11.8. The minimum Gasteiger partial charge on any atom is -0.351 e. The Morgan fingerprint density at radius 1 is 1.47 bits per heavy atom. The zero-order valence-corrected chi connectivity index (χ0v) is 13.4. The van der Waals surface area contributed by atoms with Gasteiger partial charge in [-0.05, 0) is 37.9 Å². The fourth-order valence-electron chi connectivity index (χ4n) is 1.21. The van der Waals surface area contributed by atoms with E-state index in [1.807, 2.05) is 11.4 Å². The second kappa shape index (κ2) is 6.08. The maximum Gasteiger partial charge on any atom is 0.261 e. The van der Waals surface area contributed by atoms with Crippen molar-refractivity contribution >= 4 is 60.4 Å². The van der Waals surface area contributed by atoms with Crippen LogP contribution in [0.15, 0.2) is 25.2 Å². The number of carbonyl (C=O) groups is 1. The number of rotatable bonds is 4. The molecule has 2 rings (SSSR count). The van der Waals surface area contributed by atoms with E-state index in [9.17, 15) is 4.79 Å². The van der Waals surface area contributed by atoms with Crippen molar-refractivity contribution in [2.75, 3.05) is 6.54 Å². The Morgan fingerprint density at radius 2 is 2.29 bits per heavy atom. The fraction of sp³-hybridized carbons (Fsp3) is 0.200. The number of aromatic nitrogens is 1. The quantitative estimate of drug-likeness (QED) is 0.857. The molecule has 2 aromatic heterocycles. The third kappa shape index (κ3) is 3.61. The predicted octanol–water partition coefficient (Wildman–Crippen LogP) is 3.70. The molecule has 17 heavy (non-hydrogen) atoms. The smallest absolute Gasteiger partial charge is 0.261 e. The molecule has 1 amide bonds. The minimum absolute atomic E-state index is 0.0448. The third-order valence-electron chi connectivity index (χ3n) is 2.02. The lowest BCUT2D eigenvalue weighted by Crippen LogP contribution is -2.24. The van der Waals surface area contributed by atoms with E-state index in [0.717, 1.165) is 20.4 Å². The van der Waals surface area contributed by atoms with Gasteiger partial charge in [-0.15, -0.1) is 22.7 Å². The summed E-state index contributed by atoms with van der Waals surface area (Å²) in [4.78, 5) is 16.6. The molecule has 3 nitrogen and oxygen atoms in total. The van der Waals surface area contributed by atoms with Crippen molar-refractivity contribution in [2.45, 2.75) is 6.42 Å². The fourth-order valence-corrected chi connectivity index (χ4v) is 3.76. The number of nitrogens with zero attached hydrogens (tertiary/aromatic N) is 1. The van der Waals surface area contributed by atoms with Crippen LogP contribution < -0.4 is 5.32 Å². The Kier molecular flexibility index (Phi) is 4.72. The Morgan fingerprint density at radius 3 is 2.88 bits per heavy atom. The van der Waals surface area contributed by atoms with Gasteiger partial charge in [-0.3, -0.25) is 4.79 Å². The van der Waals surface area contributed by atoms with Gasteiger partial charge < -0.3 is 5.32 Å². The van der Waals surface area contributed by atoms with E-state index in [4.69, 9.17) is 0 Å². The van der Waals surface area contributed by atoms with Crippen molar-refractivity contribution in [3.63, 3.8) is 0 Å². The molecule has 0 aromatic carbocycles. The lowest BCUT2D eigenvalue weighted by Gasteiger charge is -2.01. The number of amides is 1. The van der Waals surface area contributed by atoms with Crippen LogP contribution in [0.4, 0.5) is 0 Å². The molecule has 0 bridgehead atoms. The normalized spacial score (nSPS) is 10.5. The molecule has 1 N–H and O–H groups in total. The molecule has 0 saturated carbocycles. The third-order valence-corrected chi connectivity index (χ3v) is 5.91. The first kappa shape index (κ1) is 13.2. The molecule has 2 aromatic rings. The summed E-state index contributed by atoms with van der Waals surface area (Å²) < 4.78 is 1.84. The highest BCUT2D eigenvalue weighted by Crippen LogP contribution is 2.32. The number of carbonyl (C=O) groups excluding carboxylic acids is 1. The van der Waals surface area contributed by atoms with Gasteiger partial charge in [0.15, 0.2) is 0 Å². The van der Waals surface area contributed by atoms with E-state index < -0.39 is 0 Å². The molecule has 0 atom stereocenters. The molecule has 0 aliphatic rings. The largest absolute Gasteiger partial charge is 0.351 e. The zero-order valence-electron chi connectivity index (χ0n) is 8.57. The highest BCUT2D eigenvalue weighted by Gasteiger charge is 2.11. The van der Waals surface area contributed by atoms with Crippen LogP contribution in [0.3, 0.4) is 0 Å². The molecule has 7 heteroatoms. The van der Waals surface area contributed by atoms with Gasteiger partial charge >= 0.3 is 0 Å². The molecule has 0 spiro atoms. The summed E-state index contributed by atoms with van der Waals surface area (Å²) in [5, 5.41) is 4.86. The minimum atomic E-state index is -0.0448. The van der Waals surface area contributed by atoms with Gasteiger partial charge in [-0.25, -0.2) is 4.98 Å². The lowest BCUT2D eigenvalue weighted by atomic mass is 10.3. The number of halogens is 2. The first-order chi connectivity index (χ1) is 8.16. The van der Waals surface area contributed by atoms with Crippen LogP contribution >= 0.6 is 54.5 Å². The highest BCUT2D eigenvalue weighted by atomic mass is 79.9. The summed E-state index contributed by atoms with van der Waals surface area (Å²) in [6.45, 7) is 0.607. The summed E-state index contributed by atoms with van der Waals surface area (Å²) in [7, 11) is 0. The van der Waals surface area contributed by atoms with Gasteiger partial charge in [-0.2, -0.15) is 0 Å². The first-order valence-electron chi connectivity index (χ1n) is 4.77. The zero-order chi connectivity index (χ0) is 12.3. The molecule has 0 aliphatic carbocycles. The average Bonchev–Trinajstić information content (AvgIpc) is 2.90. The SMILES string of the molecule is O=C(NCCc1cscn1)c1cc(Br)c(Br)s1. The number of thiophene rings is 1. The van der Waals surface area contributed by atoms with Crippen LogP contribution in [0.5, 0.6) is 0 Å². The Hall–Kier alpha value is -0.240. The van der Waals surface area contributed by atoms with Crippen LogP contribution in [0.25, 0.3) is 0 Å². The molecule has 0 unspecified atom stereocenters. The number of nitrogens with one attached hydrogen (secondary N) is 1. The van der Waals surface area contributed by atoms with Gasteiger partial charge in [0.05, 0.1) is 19.9 Å². The van der Waals surface area contributed by atoms with E-state index in [-0.39, 0.29) is 5.91 Å². The average molecular weight is 396 g/mol. The van der Waals surface area contributed by atoms with Gasteiger partial charge in [0.2, 0.25) is 0 Å². The first-order valence-corrected chi connectivity index (χ1v) is 8.11. The summed E-state index contributed by atoms with van der Waals surface area (Å²) >= 11 is 9.71. The molecular weight excluding hydrogens is 388 g/mol. The number of hydrogen-bond donors (Lipinski definition) is 1. The van der Waals surface area contributed by atoms with Crippen molar-refractivity contribution in [3.8, 4) is 0 Å². The summed E-state index contributed by atoms with van der Waals surface area (Å²) in [6.07, 6.45) is 0.767. The van der Waals surface area contributed by atoms with Crippen LogP contribution in [0, 0.1) is 0 Å². The molecule has 0 aliphatic heterocycles. The van der Waals surface area contributed by atoms with Crippen LogP contribution in [-0.2, 0) is 6.42 Å². The van der Waals surface area contributed by atoms with E-state index in [0.29, 0.717) is 11.4 Å². The molecular formula is C10H8Br2N2OS2. The molecule has 90 valence electrons. The van der Waals surface area contributed by atoms with E-state index in [1.165, 1.54) is 11.3 Å². The van der Waals surface area contributed by atoms with Gasteiger partial charge in [0, 0.05) is 22.8 Å². The summed E-state index contributed by atoms with van der Waals surface area (Å²) in [5.74, 6) is -0.0448. The standard InChI is InChI=1S/C10H8Br2N2OS2/c11-7-3-8(17-9(7)12)10(15)13-2-1-6-4-16-5-14-6/h3-5H,1-2H2,(H,13,15). The maximum atomic E-state index is 11.8. The second-order valence-electron chi connectivity index (χ2n) is 3.22. The van der Waals surface area contributed by atoms with Gasteiger partial charge in [-0.1, -0.05) is 0 Å². The van der Waals surface area contributed by atoms with Gasteiger partial charge in [0.25, 0.3) is 5.91 Å². The Bertz CT molecular complexity index is 491. The van der Waals surface area contributed by atoms with E-state index in [2.05, 4.69) is 42.2 Å². The number of hydrogen-bond acceptors (Lipinski definition) is 4. The van der Waals surface area contributed by atoms with Crippen molar-refractivity contribution in [3.05, 3.63) is 35.8 Å². The molecule has 2 heterocycles. The Labute approximate surface area is 124 Å². The summed E-state index contributed by atoms with van der Waals surface area (Å²) in [5.41, 5.74) is 2.81. The predicted molar refractivity (Wildman–Crippen MR) is 77.9 cm³/mol. The van der Waals surface area contributed by atoms with Crippen molar-refractivity contribution in [1.29, 1.82) is 0 Å². The van der Waals surface area contributed by atoms with Crippen LogP contribution in [-0.4, -0.2) is 17.4 Å². The molecule has 0 radical (unpaired) electrons. The van der Waals surface area contributed by atoms with Crippen molar-refractivity contribution in [1.82, 2.24) is 10.3 Å². The highest BCUT2D eigenvalue weighted by molar-refractivity contribution is 9.13. The van der Waals surface area contributed by atoms with Gasteiger partial charge in [0.1, 0.15) is 0 Å². The molecule has 0 saturated heterocycles. The van der Waals surface area contributed by atoms with Crippen LogP contribution in [0.2, 0.25) is 0 Å². The topological polar surface area (TPSA) is 42.0 Å². The molecule has 0 fully saturated rings. The monoisotopic (exact) mass is 394 g/mol. The van der Waals surface area contributed by atoms with Crippen LogP contribution in [0.1, 0.15) is 15.4 Å². The lowest BCUT2D eigenvalue weighted by molar-refractivity contribution is 0.0958. The van der Waals surface area contributed by atoms with E-state index >= 15 is 0 Å². The van der Waals surface area contributed by atoms with Crippen molar-refractivity contribution < 1.29 is 4.79 Å². The Balaban J connectivity index is 1.85. The summed E-state index contributed by atoms with van der Waals surface area (Å²) in [6, 6.07) is 1.81. The van der Waals surface area contributed by atoms with Crippen molar-refractivity contribution in [2.24, 2.45) is 0 Å². The van der Waals surface area contributed by atoms with E-state index in [1.54, 1.807) is 16.8 Å². The second-order valence-corrected chi connectivity index (χ2v) is 7.16. The number of thiazole rings is 1.